The van der Waals surface area contributed by atoms with Gasteiger partial charge in [-0.3, -0.25) is 18.9 Å². The summed E-state index contributed by atoms with van der Waals surface area (Å²) in [6.45, 7) is 11.9. The van der Waals surface area contributed by atoms with E-state index in [4.69, 9.17) is 34.1 Å². The van der Waals surface area contributed by atoms with Crippen LogP contribution in [0, 0.1) is 27.9 Å². The molecule has 0 saturated heterocycles. The molecule has 0 fully saturated rings. The van der Waals surface area contributed by atoms with Gasteiger partial charge in [-0.15, -0.1) is 0 Å². The van der Waals surface area contributed by atoms with Gasteiger partial charge < -0.3 is 69.5 Å². The summed E-state index contributed by atoms with van der Waals surface area (Å²) in [6, 6.07) is -1.78. The molecule has 6 amide bonds. The molecular formula is C18H48B4N10O3W2. The van der Waals surface area contributed by atoms with Crippen molar-refractivity contribution in [3.8, 4) is 0 Å². The molecule has 0 aliphatic carbocycles. The summed E-state index contributed by atoms with van der Waals surface area (Å²) < 4.78 is 0. The molecule has 0 saturated carbocycles. The van der Waals surface area contributed by atoms with Crippen molar-refractivity contribution in [2.24, 2.45) is 34.4 Å². The first-order valence-corrected chi connectivity index (χ1v) is 10.3. The maximum absolute atomic E-state index is 10.0. The minimum atomic E-state index is -0.833. The van der Waals surface area contributed by atoms with Crippen LogP contribution in [0.1, 0.15) is 39.5 Å². The molecule has 0 unspecified atom stereocenters. The standard InChI is InChI=1S/2C4H9.C3H6BN2O.C2H5BN2O.C2H7BN2.CH4BN.CH4N2O.CH4N.2W/c2*1-3-4-2;1-5-3(7)6-2-4;3-1-5-2(4)6;3-1-5-2-4;2-1-3;2-1(3)4;1-2;;/h2*1,3-4H2,2H3;1-2H2,(H2,5,6,7);1H2,(H3,4,5,6);5H,1-2,4H2;1,3H2;(H4,2,3,4);1-2H2;;/q3*-1;;;;;-1;2*+2. The van der Waals surface area contributed by atoms with Gasteiger partial charge in [0.05, 0.1) is 31.4 Å². The van der Waals surface area contributed by atoms with Gasteiger partial charge in [-0.25, -0.2) is 9.59 Å². The fourth-order valence-corrected chi connectivity index (χ4v) is 0.339. The van der Waals surface area contributed by atoms with E-state index >= 15 is 0 Å². The molecule has 37 heavy (non-hydrogen) atoms. The fraction of sp³-hybridized carbons (Fsp3) is 0.611. The van der Waals surface area contributed by atoms with Gasteiger partial charge >= 0.3 is 54.2 Å². The zero-order valence-electron chi connectivity index (χ0n) is 22.5. The molecule has 0 aromatic heterocycles. The molecule has 0 spiro atoms. The molecule has 0 rings (SSSR count). The zero-order valence-corrected chi connectivity index (χ0v) is 28.4. The van der Waals surface area contributed by atoms with Crippen LogP contribution in [-0.2, 0) is 42.1 Å². The molecule has 0 bridgehead atoms. The Morgan fingerprint density at radius 2 is 1.03 bits per heavy atom. The van der Waals surface area contributed by atoms with E-state index in [0.29, 0.717) is 13.1 Å². The molecule has 13 nitrogen and oxygen atoms in total. The van der Waals surface area contributed by atoms with E-state index in [1.165, 1.54) is 12.8 Å². The van der Waals surface area contributed by atoms with Crippen LogP contribution in [0.25, 0.3) is 0 Å². The van der Waals surface area contributed by atoms with E-state index in [9.17, 15) is 9.59 Å². The van der Waals surface area contributed by atoms with E-state index in [0.717, 1.165) is 12.8 Å². The van der Waals surface area contributed by atoms with Crippen molar-refractivity contribution in [3.63, 3.8) is 0 Å². The number of primary amides is 3. The average Bonchev–Trinajstić information content (AvgIpc) is 2.82. The molecule has 212 valence electrons. The van der Waals surface area contributed by atoms with Crippen LogP contribution in [0.5, 0.6) is 0 Å². The topological polar surface area (TPSA) is 255 Å². The fourth-order valence-electron chi connectivity index (χ4n) is 0.339. The summed E-state index contributed by atoms with van der Waals surface area (Å²) in [4.78, 5) is 28.7. The van der Waals surface area contributed by atoms with Crippen LogP contribution in [0.3, 0.4) is 0 Å². The second-order valence-corrected chi connectivity index (χ2v) is 4.64. The molecule has 0 atom stereocenters. The number of carbonyl (C=O) groups is 3. The minimum Gasteiger partial charge on any atom is -0.490 e. The number of unbranched alkanes of at least 4 members (excludes halogenated alkanes) is 2. The van der Waals surface area contributed by atoms with Crippen molar-refractivity contribution in [2.75, 3.05) is 32.4 Å². The van der Waals surface area contributed by atoms with Crippen molar-refractivity contribution in [1.82, 2.24) is 21.3 Å². The summed E-state index contributed by atoms with van der Waals surface area (Å²) in [5, 5.41) is 9.14. The maximum Gasteiger partial charge on any atom is 2.00 e. The quantitative estimate of drug-likeness (QED) is 0.0792. The van der Waals surface area contributed by atoms with Gasteiger partial charge in [0.1, 0.15) is 0 Å². The zero-order chi connectivity index (χ0) is 29.9. The van der Waals surface area contributed by atoms with Gasteiger partial charge in [-0.2, -0.15) is 12.8 Å². The Kier molecular flexibility index (Phi) is 162. The molecule has 19 heteroatoms. The van der Waals surface area contributed by atoms with Gasteiger partial charge in [-0.05, 0) is 25.8 Å². The first-order valence-electron chi connectivity index (χ1n) is 10.3. The van der Waals surface area contributed by atoms with Gasteiger partial charge in [0.15, 0.2) is 0 Å². The van der Waals surface area contributed by atoms with E-state index in [-0.39, 0.29) is 67.5 Å². The van der Waals surface area contributed by atoms with Crippen LogP contribution < -0.4 is 55.7 Å². The van der Waals surface area contributed by atoms with Crippen molar-refractivity contribution < 1.29 is 56.5 Å². The number of urea groups is 3. The Hall–Kier alpha value is -0.714. The monoisotopic (exact) mass is 864 g/mol. The van der Waals surface area contributed by atoms with E-state index in [1.807, 2.05) is 0 Å². The number of nitrogens with one attached hydrogen (secondary N) is 4. The SMILES string of the molecule is NC(N)=O.[B]CN.[B]CNC(=O)N[CH2-].[B]CNC(N)=O.[B]CNCN.[CH2-]CCC.[CH2-]CCC.[CH2-]N.[W+2].[W+2]. The van der Waals surface area contributed by atoms with Gasteiger partial charge in [0, 0.05) is 6.67 Å². The van der Waals surface area contributed by atoms with Crippen LogP contribution in [0.15, 0.2) is 0 Å². The summed E-state index contributed by atoms with van der Waals surface area (Å²) >= 11 is 0. The number of hydrogen-bond acceptors (Lipinski definition) is 7. The smallest absolute Gasteiger partial charge is 0.490 e. The number of hydrogen-bond donors (Lipinski definition) is 10. The average molecular weight is 864 g/mol. The Bertz CT molecular complexity index is 351. The second-order valence-electron chi connectivity index (χ2n) is 4.64. The van der Waals surface area contributed by atoms with Gasteiger partial charge in [-0.1, -0.05) is 26.7 Å². The molecule has 0 heterocycles. The van der Waals surface area contributed by atoms with E-state index < -0.39 is 12.1 Å². The van der Waals surface area contributed by atoms with Crippen LogP contribution >= 0.6 is 0 Å². The van der Waals surface area contributed by atoms with Crippen LogP contribution in [0.2, 0.25) is 0 Å². The number of nitrogens with two attached hydrogens (primary N) is 6. The Morgan fingerprint density at radius 1 is 0.757 bits per heavy atom. The van der Waals surface area contributed by atoms with Crippen LogP contribution in [0.4, 0.5) is 14.4 Å². The van der Waals surface area contributed by atoms with Crippen molar-refractivity contribution >= 4 is 49.5 Å². The normalized spacial score (nSPS) is 6.62. The predicted molar refractivity (Wildman–Crippen MR) is 152 cm³/mol. The third kappa shape index (κ3) is 307. The first-order chi connectivity index (χ1) is 16.5. The molecule has 8 radical (unpaired) electrons. The number of rotatable bonds is 6. The predicted octanol–water partition coefficient (Wildman–Crippen LogP) is -2.33. The number of amides is 6. The molecule has 0 aromatic rings. The molecule has 0 aliphatic heterocycles. The molecule has 0 aliphatic rings. The van der Waals surface area contributed by atoms with Crippen molar-refractivity contribution in [2.45, 2.75) is 39.5 Å². The first kappa shape index (κ1) is 65.4. The second kappa shape index (κ2) is 91.5. The molecule has 16 N–H and O–H groups in total. The van der Waals surface area contributed by atoms with Crippen LogP contribution in [-0.4, -0.2) is 81.9 Å². The summed E-state index contributed by atoms with van der Waals surface area (Å²) in [5.74, 6) is 0. The minimum absolute atomic E-state index is 0. The van der Waals surface area contributed by atoms with E-state index in [1.54, 1.807) is 0 Å². The largest absolute Gasteiger partial charge is 2.00 e. The summed E-state index contributed by atoms with van der Waals surface area (Å²) in [6.07, 6.45) is 5.52. The summed E-state index contributed by atoms with van der Waals surface area (Å²) in [5.41, 5.74) is 26.9. The Labute approximate surface area is 260 Å². The third-order valence-electron chi connectivity index (χ3n) is 1.70. The molecular weight excluding hydrogens is 815 g/mol. The van der Waals surface area contributed by atoms with Gasteiger partial charge in [0.2, 0.25) is 0 Å². The van der Waals surface area contributed by atoms with Gasteiger partial charge in [0.25, 0.3) is 6.03 Å². The molecule has 0 aromatic carbocycles. The van der Waals surface area contributed by atoms with Crippen molar-refractivity contribution in [1.29, 1.82) is 0 Å². The Balaban J connectivity index is -0.0000000286. The summed E-state index contributed by atoms with van der Waals surface area (Å²) in [7, 11) is 25.1. The number of carbonyl (C=O) groups excluding carboxylic acids is 3. The van der Waals surface area contributed by atoms with E-state index in [2.05, 4.69) is 99.6 Å². The third-order valence-corrected chi connectivity index (χ3v) is 1.70. The Morgan fingerprint density at radius 3 is 1.05 bits per heavy atom. The maximum atomic E-state index is 10.0. The van der Waals surface area contributed by atoms with Crippen molar-refractivity contribution in [3.05, 3.63) is 27.9 Å².